The number of hydrogen-bond donors (Lipinski definition) is 6. The topological polar surface area (TPSA) is 194 Å². The first-order valence-corrected chi connectivity index (χ1v) is 8.52. The zero-order chi connectivity index (χ0) is 21.3. The zero-order valence-corrected chi connectivity index (χ0v) is 15.9. The molecule has 154 valence electrons. The van der Waals surface area contributed by atoms with Gasteiger partial charge in [-0.3, -0.25) is 24.0 Å². The van der Waals surface area contributed by atoms with E-state index < -0.39 is 60.2 Å². The highest BCUT2D eigenvalue weighted by molar-refractivity contribution is 5.96. The van der Waals surface area contributed by atoms with Gasteiger partial charge in [0.2, 0.25) is 23.6 Å². The van der Waals surface area contributed by atoms with Crippen molar-refractivity contribution in [1.82, 2.24) is 16.0 Å². The minimum atomic E-state index is -1.31. The number of carboxylic acid groups (broad SMARTS) is 1. The maximum Gasteiger partial charge on any atom is 0.325 e. The van der Waals surface area contributed by atoms with Gasteiger partial charge in [-0.1, -0.05) is 13.8 Å². The maximum atomic E-state index is 12.5. The van der Waals surface area contributed by atoms with Gasteiger partial charge in [-0.25, -0.2) is 0 Å². The van der Waals surface area contributed by atoms with Crippen LogP contribution in [0.15, 0.2) is 0 Å². The Morgan fingerprint density at radius 1 is 0.852 bits per heavy atom. The Bertz CT molecular complexity index is 578. The number of rotatable bonds is 11. The van der Waals surface area contributed by atoms with E-state index >= 15 is 0 Å². The fourth-order valence-electron chi connectivity index (χ4n) is 2.06. The molecule has 0 aliphatic heterocycles. The predicted molar refractivity (Wildman–Crippen MR) is 96.0 cm³/mol. The summed E-state index contributed by atoms with van der Waals surface area (Å²) in [6, 6.07) is -4.43. The molecule has 0 aromatic heterocycles. The number of primary amides is 1. The molecule has 0 aromatic carbocycles. The first-order chi connectivity index (χ1) is 12.3. The van der Waals surface area contributed by atoms with Gasteiger partial charge in [0.1, 0.15) is 18.1 Å². The lowest BCUT2D eigenvalue weighted by Crippen LogP contribution is -2.57. The third kappa shape index (κ3) is 9.54. The molecule has 0 saturated heterocycles. The van der Waals surface area contributed by atoms with Crippen molar-refractivity contribution in [3.05, 3.63) is 0 Å². The lowest BCUT2D eigenvalue weighted by molar-refractivity contribution is -0.142. The summed E-state index contributed by atoms with van der Waals surface area (Å²) >= 11 is 0. The van der Waals surface area contributed by atoms with Crippen LogP contribution < -0.4 is 27.4 Å². The van der Waals surface area contributed by atoms with Gasteiger partial charge in [0.15, 0.2) is 0 Å². The van der Waals surface area contributed by atoms with Crippen molar-refractivity contribution in [2.45, 2.75) is 64.7 Å². The van der Waals surface area contributed by atoms with Gasteiger partial charge in [0.25, 0.3) is 0 Å². The Hall–Kier alpha value is -2.69. The molecule has 0 aliphatic carbocycles. The predicted octanol–water partition coefficient (Wildman–Crippen LogP) is -2.19. The Labute approximate surface area is 157 Å². The zero-order valence-electron chi connectivity index (χ0n) is 15.9. The summed E-state index contributed by atoms with van der Waals surface area (Å²) in [5.41, 5.74) is 10.5. The van der Waals surface area contributed by atoms with Gasteiger partial charge < -0.3 is 32.5 Å². The molecule has 4 unspecified atom stereocenters. The molecule has 8 N–H and O–H groups in total. The molecule has 0 spiro atoms. The van der Waals surface area contributed by atoms with Crippen LogP contribution in [0.1, 0.15) is 40.5 Å². The molecule has 0 heterocycles. The SMILES string of the molecule is CC(C)CC(NC(=O)C(CC(N)=O)NC(=O)C(C)N)C(=O)NC(C)C(=O)O. The van der Waals surface area contributed by atoms with Crippen LogP contribution in [0.5, 0.6) is 0 Å². The fraction of sp³-hybridized carbons (Fsp3) is 0.688. The van der Waals surface area contributed by atoms with E-state index in [9.17, 15) is 24.0 Å². The van der Waals surface area contributed by atoms with E-state index in [-0.39, 0.29) is 12.3 Å². The van der Waals surface area contributed by atoms with Crippen LogP contribution in [0.25, 0.3) is 0 Å². The molecule has 27 heavy (non-hydrogen) atoms. The van der Waals surface area contributed by atoms with Crippen molar-refractivity contribution in [1.29, 1.82) is 0 Å². The second-order valence-electron chi connectivity index (χ2n) is 6.78. The molecule has 11 nitrogen and oxygen atoms in total. The number of carbonyl (C=O) groups is 5. The highest BCUT2D eigenvalue weighted by Gasteiger charge is 2.30. The Kier molecular flexibility index (Phi) is 10.0. The molecular weight excluding hydrogens is 358 g/mol. The standard InChI is InChI=1S/C16H29N5O6/c1-7(2)5-10(14(24)19-9(4)16(26)27)21-15(25)11(6-12(18)22)20-13(23)8(3)17/h7-11H,5-6,17H2,1-4H3,(H2,18,22)(H,19,24)(H,20,23)(H,21,25)(H,26,27). The summed E-state index contributed by atoms with van der Waals surface area (Å²) in [4.78, 5) is 58.6. The number of aliphatic carboxylic acids is 1. The number of carboxylic acids is 1. The van der Waals surface area contributed by atoms with Gasteiger partial charge in [0, 0.05) is 0 Å². The van der Waals surface area contributed by atoms with Crippen LogP contribution in [0.2, 0.25) is 0 Å². The molecule has 0 aromatic rings. The lowest BCUT2D eigenvalue weighted by Gasteiger charge is -2.24. The van der Waals surface area contributed by atoms with Crippen LogP contribution in [-0.4, -0.2) is 58.9 Å². The average molecular weight is 387 g/mol. The van der Waals surface area contributed by atoms with Crippen LogP contribution >= 0.6 is 0 Å². The van der Waals surface area contributed by atoms with E-state index in [1.54, 1.807) is 0 Å². The van der Waals surface area contributed by atoms with E-state index in [0.29, 0.717) is 0 Å². The minimum absolute atomic E-state index is 0.00516. The van der Waals surface area contributed by atoms with E-state index in [1.165, 1.54) is 13.8 Å². The molecule has 11 heteroatoms. The molecule has 0 radical (unpaired) electrons. The van der Waals surface area contributed by atoms with Crippen LogP contribution in [-0.2, 0) is 24.0 Å². The van der Waals surface area contributed by atoms with Crippen molar-refractivity contribution >= 4 is 29.6 Å². The van der Waals surface area contributed by atoms with Gasteiger partial charge in [-0.15, -0.1) is 0 Å². The smallest absolute Gasteiger partial charge is 0.325 e. The number of carbonyl (C=O) groups excluding carboxylic acids is 4. The molecule has 4 atom stereocenters. The molecule has 0 saturated carbocycles. The van der Waals surface area contributed by atoms with Gasteiger partial charge in [-0.05, 0) is 26.2 Å². The van der Waals surface area contributed by atoms with Gasteiger partial charge in [0.05, 0.1) is 12.5 Å². The van der Waals surface area contributed by atoms with E-state index in [2.05, 4.69) is 16.0 Å². The van der Waals surface area contributed by atoms with Crippen LogP contribution in [0.3, 0.4) is 0 Å². The van der Waals surface area contributed by atoms with Crippen molar-refractivity contribution < 1.29 is 29.1 Å². The third-order valence-electron chi connectivity index (χ3n) is 3.52. The molecular formula is C16H29N5O6. The largest absolute Gasteiger partial charge is 0.480 e. The quantitative estimate of drug-likeness (QED) is 0.232. The summed E-state index contributed by atoms with van der Waals surface area (Å²) in [7, 11) is 0. The monoisotopic (exact) mass is 387 g/mol. The van der Waals surface area contributed by atoms with E-state index in [4.69, 9.17) is 16.6 Å². The first kappa shape index (κ1) is 24.3. The number of nitrogens with two attached hydrogens (primary N) is 2. The number of nitrogens with one attached hydrogen (secondary N) is 3. The Morgan fingerprint density at radius 2 is 1.33 bits per heavy atom. The second kappa shape index (κ2) is 11.1. The second-order valence-corrected chi connectivity index (χ2v) is 6.78. The lowest BCUT2D eigenvalue weighted by atomic mass is 10.0. The summed E-state index contributed by atoms with van der Waals surface area (Å²) in [5, 5.41) is 15.9. The molecule has 0 rings (SSSR count). The molecule has 0 aliphatic rings. The van der Waals surface area contributed by atoms with Crippen LogP contribution in [0, 0.1) is 5.92 Å². The molecule has 0 bridgehead atoms. The van der Waals surface area contributed by atoms with E-state index in [1.807, 2.05) is 13.8 Å². The third-order valence-corrected chi connectivity index (χ3v) is 3.52. The summed E-state index contributed by atoms with van der Waals surface area (Å²) < 4.78 is 0. The number of hydrogen-bond acceptors (Lipinski definition) is 6. The Balaban J connectivity index is 5.29. The fourth-order valence-corrected chi connectivity index (χ4v) is 2.06. The minimum Gasteiger partial charge on any atom is -0.480 e. The number of amides is 4. The van der Waals surface area contributed by atoms with Crippen molar-refractivity contribution in [2.75, 3.05) is 0 Å². The molecule has 0 fully saturated rings. The first-order valence-electron chi connectivity index (χ1n) is 8.52. The summed E-state index contributed by atoms with van der Waals surface area (Å²) in [6.45, 7) is 6.31. The van der Waals surface area contributed by atoms with Crippen molar-refractivity contribution in [3.8, 4) is 0 Å². The highest BCUT2D eigenvalue weighted by atomic mass is 16.4. The maximum absolute atomic E-state index is 12.5. The van der Waals surface area contributed by atoms with Crippen molar-refractivity contribution in [3.63, 3.8) is 0 Å². The van der Waals surface area contributed by atoms with Crippen LogP contribution in [0.4, 0.5) is 0 Å². The Morgan fingerprint density at radius 3 is 1.74 bits per heavy atom. The normalized spacial score (nSPS) is 15.2. The van der Waals surface area contributed by atoms with E-state index in [0.717, 1.165) is 0 Å². The van der Waals surface area contributed by atoms with Crippen molar-refractivity contribution in [2.24, 2.45) is 17.4 Å². The summed E-state index contributed by atoms with van der Waals surface area (Å²) in [6.07, 6.45) is -0.264. The average Bonchev–Trinajstić information content (AvgIpc) is 2.51. The summed E-state index contributed by atoms with van der Waals surface area (Å²) in [5.74, 6) is -4.22. The van der Waals surface area contributed by atoms with Gasteiger partial charge in [-0.2, -0.15) is 0 Å². The highest BCUT2D eigenvalue weighted by Crippen LogP contribution is 2.07. The van der Waals surface area contributed by atoms with Gasteiger partial charge >= 0.3 is 5.97 Å². The molecule has 4 amide bonds.